The molecule has 0 spiro atoms. The number of hydrogen-bond donors (Lipinski definition) is 1. The van der Waals surface area contributed by atoms with Gasteiger partial charge in [0.15, 0.2) is 5.75 Å². The number of halogens is 1. The first-order chi connectivity index (χ1) is 9.60. The summed E-state index contributed by atoms with van der Waals surface area (Å²) < 4.78 is 7.42. The Morgan fingerprint density at radius 2 is 2.35 bits per heavy atom. The van der Waals surface area contributed by atoms with Gasteiger partial charge in [0.2, 0.25) is 0 Å². The van der Waals surface area contributed by atoms with Gasteiger partial charge in [-0.3, -0.25) is 4.68 Å². The number of carboxylic acid groups (broad SMARTS) is 1. The van der Waals surface area contributed by atoms with Gasteiger partial charge >= 0.3 is 5.97 Å². The van der Waals surface area contributed by atoms with Gasteiger partial charge in [-0.1, -0.05) is 17.7 Å². The monoisotopic (exact) mass is 292 g/mol. The standard InChI is InChI=1S/C14H13ClN2O3/c1-2-17-9-10(8-16-17)20-13-5-3-4-12(15)11(13)6-7-14(18)19/h3-9H,2H2,1H3,(H,18,19)/b7-6+. The van der Waals surface area contributed by atoms with E-state index in [2.05, 4.69) is 5.10 Å². The van der Waals surface area contributed by atoms with Crippen molar-refractivity contribution in [1.82, 2.24) is 9.78 Å². The summed E-state index contributed by atoms with van der Waals surface area (Å²) in [6, 6.07) is 5.13. The first-order valence-electron chi connectivity index (χ1n) is 6.00. The lowest BCUT2D eigenvalue weighted by atomic mass is 10.2. The molecule has 1 heterocycles. The van der Waals surface area contributed by atoms with Gasteiger partial charge in [0.05, 0.1) is 17.4 Å². The van der Waals surface area contributed by atoms with E-state index in [0.717, 1.165) is 12.6 Å². The second-order valence-corrected chi connectivity index (χ2v) is 4.36. The van der Waals surface area contributed by atoms with Crippen molar-refractivity contribution in [2.75, 3.05) is 0 Å². The highest BCUT2D eigenvalue weighted by atomic mass is 35.5. The molecule has 0 saturated carbocycles. The van der Waals surface area contributed by atoms with E-state index in [1.807, 2.05) is 6.92 Å². The molecule has 5 nitrogen and oxygen atoms in total. The molecule has 2 aromatic rings. The average molecular weight is 293 g/mol. The minimum absolute atomic E-state index is 0.419. The summed E-state index contributed by atoms with van der Waals surface area (Å²) in [7, 11) is 0. The lowest BCUT2D eigenvalue weighted by Crippen LogP contribution is -1.92. The number of aryl methyl sites for hydroxylation is 1. The third-order valence-corrected chi connectivity index (χ3v) is 2.90. The summed E-state index contributed by atoms with van der Waals surface area (Å²) in [4.78, 5) is 10.6. The summed E-state index contributed by atoms with van der Waals surface area (Å²) in [6.45, 7) is 2.71. The average Bonchev–Trinajstić information content (AvgIpc) is 2.85. The van der Waals surface area contributed by atoms with Crippen molar-refractivity contribution in [1.29, 1.82) is 0 Å². The maximum atomic E-state index is 10.6. The van der Waals surface area contributed by atoms with Crippen molar-refractivity contribution in [3.05, 3.63) is 47.3 Å². The predicted molar refractivity (Wildman–Crippen MR) is 76.1 cm³/mol. The van der Waals surface area contributed by atoms with Crippen LogP contribution in [0.25, 0.3) is 6.08 Å². The van der Waals surface area contributed by atoms with Gasteiger partial charge in [-0.25, -0.2) is 4.79 Å². The summed E-state index contributed by atoms with van der Waals surface area (Å²) in [5, 5.41) is 13.2. The van der Waals surface area contributed by atoms with Crippen LogP contribution in [0.15, 0.2) is 36.7 Å². The highest BCUT2D eigenvalue weighted by Gasteiger charge is 2.08. The molecule has 0 aliphatic carbocycles. The molecule has 104 valence electrons. The highest BCUT2D eigenvalue weighted by Crippen LogP contribution is 2.31. The van der Waals surface area contributed by atoms with Gasteiger partial charge in [0, 0.05) is 18.2 Å². The van der Waals surface area contributed by atoms with E-state index in [1.54, 1.807) is 35.3 Å². The Morgan fingerprint density at radius 3 is 3.00 bits per heavy atom. The number of aliphatic carboxylic acids is 1. The SMILES string of the molecule is CCn1cc(Oc2cccc(Cl)c2/C=C/C(=O)O)cn1. The Kier molecular flexibility index (Phi) is 4.42. The fourth-order valence-electron chi connectivity index (χ4n) is 1.62. The molecule has 1 N–H and O–H groups in total. The molecular weight excluding hydrogens is 280 g/mol. The molecule has 0 fully saturated rings. The predicted octanol–water partition coefficient (Wildman–Crippen LogP) is 3.45. The number of ether oxygens (including phenoxy) is 1. The first kappa shape index (κ1) is 14.1. The first-order valence-corrected chi connectivity index (χ1v) is 6.37. The lowest BCUT2D eigenvalue weighted by molar-refractivity contribution is -0.131. The van der Waals surface area contributed by atoms with E-state index < -0.39 is 5.97 Å². The normalized spacial score (nSPS) is 10.9. The van der Waals surface area contributed by atoms with E-state index in [9.17, 15) is 4.79 Å². The molecule has 2 rings (SSSR count). The molecule has 1 aromatic carbocycles. The molecule has 0 unspecified atom stereocenters. The fraction of sp³-hybridized carbons (Fsp3) is 0.143. The van der Waals surface area contributed by atoms with Crippen molar-refractivity contribution in [3.63, 3.8) is 0 Å². The Morgan fingerprint density at radius 1 is 1.55 bits per heavy atom. The number of hydrogen-bond acceptors (Lipinski definition) is 3. The molecule has 0 saturated heterocycles. The minimum Gasteiger partial charge on any atom is -0.478 e. The zero-order valence-corrected chi connectivity index (χ0v) is 11.5. The van der Waals surface area contributed by atoms with Crippen LogP contribution in [-0.2, 0) is 11.3 Å². The highest BCUT2D eigenvalue weighted by molar-refractivity contribution is 6.32. The molecule has 0 amide bonds. The minimum atomic E-state index is -1.05. The number of carboxylic acids is 1. The Bertz CT molecular complexity index is 650. The molecule has 0 atom stereocenters. The number of nitrogens with zero attached hydrogens (tertiary/aromatic N) is 2. The molecule has 0 aliphatic heterocycles. The van der Waals surface area contributed by atoms with Gasteiger partial charge in [0.1, 0.15) is 5.75 Å². The summed E-state index contributed by atoms with van der Waals surface area (Å²) in [6.07, 6.45) is 5.77. The number of carbonyl (C=O) groups is 1. The van der Waals surface area contributed by atoms with Crippen molar-refractivity contribution in [3.8, 4) is 11.5 Å². The molecule has 0 radical (unpaired) electrons. The zero-order chi connectivity index (χ0) is 14.5. The third kappa shape index (κ3) is 3.39. The lowest BCUT2D eigenvalue weighted by Gasteiger charge is -2.08. The van der Waals surface area contributed by atoms with Gasteiger partial charge in [-0.15, -0.1) is 0 Å². The smallest absolute Gasteiger partial charge is 0.328 e. The van der Waals surface area contributed by atoms with E-state index in [0.29, 0.717) is 22.1 Å². The van der Waals surface area contributed by atoms with E-state index in [-0.39, 0.29) is 0 Å². The van der Waals surface area contributed by atoms with E-state index in [4.69, 9.17) is 21.4 Å². The van der Waals surface area contributed by atoms with Crippen molar-refractivity contribution in [2.24, 2.45) is 0 Å². The van der Waals surface area contributed by atoms with Crippen molar-refractivity contribution >= 4 is 23.6 Å². The van der Waals surface area contributed by atoms with Crippen LogP contribution in [-0.4, -0.2) is 20.9 Å². The van der Waals surface area contributed by atoms with Crippen LogP contribution in [0.1, 0.15) is 12.5 Å². The van der Waals surface area contributed by atoms with Crippen LogP contribution in [0.5, 0.6) is 11.5 Å². The van der Waals surface area contributed by atoms with Crippen LogP contribution in [0.4, 0.5) is 0 Å². The van der Waals surface area contributed by atoms with Crippen LogP contribution in [0, 0.1) is 0 Å². The molecule has 6 heteroatoms. The van der Waals surface area contributed by atoms with Gasteiger partial charge in [0.25, 0.3) is 0 Å². The molecular formula is C14H13ClN2O3. The zero-order valence-electron chi connectivity index (χ0n) is 10.8. The largest absolute Gasteiger partial charge is 0.478 e. The molecule has 1 aromatic heterocycles. The number of aromatic nitrogens is 2. The van der Waals surface area contributed by atoms with Crippen molar-refractivity contribution in [2.45, 2.75) is 13.5 Å². The number of benzene rings is 1. The Hall–Kier alpha value is -2.27. The molecule has 0 aliphatic rings. The van der Waals surface area contributed by atoms with Crippen LogP contribution in [0.3, 0.4) is 0 Å². The van der Waals surface area contributed by atoms with E-state index >= 15 is 0 Å². The quantitative estimate of drug-likeness (QED) is 0.857. The third-order valence-electron chi connectivity index (χ3n) is 2.57. The summed E-state index contributed by atoms with van der Waals surface area (Å²) in [5.41, 5.74) is 0.515. The van der Waals surface area contributed by atoms with Crippen LogP contribution >= 0.6 is 11.6 Å². The maximum absolute atomic E-state index is 10.6. The number of rotatable bonds is 5. The van der Waals surface area contributed by atoms with Crippen LogP contribution < -0.4 is 4.74 Å². The summed E-state index contributed by atoms with van der Waals surface area (Å²) in [5.74, 6) is -0.000540. The fourth-order valence-corrected chi connectivity index (χ4v) is 1.85. The Balaban J connectivity index is 2.31. The second kappa shape index (κ2) is 6.25. The van der Waals surface area contributed by atoms with E-state index in [1.165, 1.54) is 6.08 Å². The van der Waals surface area contributed by atoms with Crippen LogP contribution in [0.2, 0.25) is 5.02 Å². The van der Waals surface area contributed by atoms with Gasteiger partial charge < -0.3 is 9.84 Å². The molecule has 0 bridgehead atoms. The van der Waals surface area contributed by atoms with Crippen molar-refractivity contribution < 1.29 is 14.6 Å². The Labute approximate surface area is 121 Å². The summed E-state index contributed by atoms with van der Waals surface area (Å²) >= 11 is 6.07. The van der Waals surface area contributed by atoms with Gasteiger partial charge in [-0.2, -0.15) is 5.10 Å². The maximum Gasteiger partial charge on any atom is 0.328 e. The molecule has 20 heavy (non-hydrogen) atoms. The topological polar surface area (TPSA) is 64.3 Å². The second-order valence-electron chi connectivity index (χ2n) is 3.96. The van der Waals surface area contributed by atoms with Gasteiger partial charge in [-0.05, 0) is 25.1 Å².